The summed E-state index contributed by atoms with van der Waals surface area (Å²) >= 11 is 6.49. The number of nitrogens with zero attached hydrogens (tertiary/aromatic N) is 4. The van der Waals surface area contributed by atoms with Crippen LogP contribution in [-0.4, -0.2) is 44.3 Å². The summed E-state index contributed by atoms with van der Waals surface area (Å²) in [6, 6.07) is 9.01. The van der Waals surface area contributed by atoms with E-state index < -0.39 is 0 Å². The topological polar surface area (TPSA) is 104 Å². The maximum Gasteiger partial charge on any atom is 0.323 e. The Morgan fingerprint density at radius 1 is 1.30 bits per heavy atom. The summed E-state index contributed by atoms with van der Waals surface area (Å²) in [4.78, 5) is 18.4. The van der Waals surface area contributed by atoms with Gasteiger partial charge in [-0.25, -0.2) is 9.78 Å². The van der Waals surface area contributed by atoms with Gasteiger partial charge in [0.05, 0.1) is 0 Å². The summed E-state index contributed by atoms with van der Waals surface area (Å²) in [5, 5.41) is 20.1. The van der Waals surface area contributed by atoms with E-state index >= 15 is 0 Å². The number of carbonyl (C=O) groups is 1. The molecule has 2 N–H and O–H groups in total. The van der Waals surface area contributed by atoms with E-state index in [9.17, 15) is 4.79 Å². The molecule has 8 nitrogen and oxygen atoms in total. The molecular weight excluding hydrogens is 406 g/mol. The fraction of sp³-hybridized carbons (Fsp3) is 0.238. The van der Waals surface area contributed by atoms with Gasteiger partial charge in [0.15, 0.2) is 0 Å². The maximum atomic E-state index is 12.5. The lowest BCUT2D eigenvalue weighted by Gasteiger charge is -2.27. The molecule has 0 bridgehead atoms. The predicted molar refractivity (Wildman–Crippen MR) is 113 cm³/mol. The molecule has 0 spiro atoms. The van der Waals surface area contributed by atoms with Gasteiger partial charge in [-0.15, -0.1) is 10.2 Å². The van der Waals surface area contributed by atoms with Crippen LogP contribution < -0.4 is 5.32 Å². The van der Waals surface area contributed by atoms with Gasteiger partial charge in [0, 0.05) is 29.9 Å². The van der Waals surface area contributed by atoms with Crippen LogP contribution in [0.4, 0.5) is 10.6 Å². The highest BCUT2D eigenvalue weighted by Crippen LogP contribution is 2.32. The molecule has 1 aliphatic heterocycles. The van der Waals surface area contributed by atoms with E-state index in [4.69, 9.17) is 21.1 Å². The molecule has 3 aromatic rings. The first kappa shape index (κ1) is 20.1. The zero-order valence-electron chi connectivity index (χ0n) is 16.3. The molecule has 0 fully saturated rings. The fourth-order valence-electron chi connectivity index (χ4n) is 3.17. The molecule has 9 heteroatoms. The second-order valence-corrected chi connectivity index (χ2v) is 7.34. The Bertz CT molecular complexity index is 1090. The highest BCUT2D eigenvalue weighted by molar-refractivity contribution is 6.32. The Morgan fingerprint density at radius 3 is 2.80 bits per heavy atom. The molecule has 1 aromatic carbocycles. The van der Waals surface area contributed by atoms with Crippen molar-refractivity contribution in [2.75, 3.05) is 18.4 Å². The van der Waals surface area contributed by atoms with Gasteiger partial charge in [-0.1, -0.05) is 29.8 Å². The van der Waals surface area contributed by atoms with Crippen LogP contribution in [0.2, 0.25) is 5.02 Å². The molecule has 0 radical (unpaired) electrons. The van der Waals surface area contributed by atoms with Crippen molar-refractivity contribution < 1.29 is 14.3 Å². The third-order valence-electron chi connectivity index (χ3n) is 4.81. The number of aliphatic hydroxyl groups is 1. The number of aromatic nitrogens is 3. The number of carbonyl (C=O) groups excluding carboxylic acids is 1. The van der Waals surface area contributed by atoms with Crippen LogP contribution in [0.1, 0.15) is 23.4 Å². The molecule has 0 saturated carbocycles. The molecule has 154 valence electrons. The number of urea groups is 1. The molecule has 2 aromatic heterocycles. The molecule has 0 saturated heterocycles. The van der Waals surface area contributed by atoms with Gasteiger partial charge >= 0.3 is 6.03 Å². The molecule has 2 amide bonds. The van der Waals surface area contributed by atoms with Gasteiger partial charge in [-0.2, -0.15) is 0 Å². The molecule has 1 aliphatic rings. The summed E-state index contributed by atoms with van der Waals surface area (Å²) in [5.41, 5.74) is 3.70. The van der Waals surface area contributed by atoms with Crippen LogP contribution in [0, 0.1) is 6.92 Å². The number of anilines is 1. The predicted octanol–water partition coefficient (Wildman–Crippen LogP) is 3.91. The summed E-state index contributed by atoms with van der Waals surface area (Å²) < 4.78 is 5.35. The third-order valence-corrected chi connectivity index (χ3v) is 5.12. The number of hydrogen-bond donors (Lipinski definition) is 2. The molecule has 3 heterocycles. The average molecular weight is 426 g/mol. The lowest BCUT2D eigenvalue weighted by molar-refractivity contribution is 0.217. The summed E-state index contributed by atoms with van der Waals surface area (Å²) in [6.45, 7) is 2.69. The minimum Gasteiger partial charge on any atom is -0.418 e. The summed E-state index contributed by atoms with van der Waals surface area (Å²) in [5.74, 6) is 0.987. The van der Waals surface area contributed by atoms with Crippen LogP contribution in [0.15, 0.2) is 47.0 Å². The zero-order chi connectivity index (χ0) is 21.1. The van der Waals surface area contributed by atoms with Gasteiger partial charge in [0.1, 0.15) is 12.4 Å². The number of pyridine rings is 1. The van der Waals surface area contributed by atoms with Gasteiger partial charge in [0.25, 0.3) is 0 Å². The van der Waals surface area contributed by atoms with E-state index in [2.05, 4.69) is 20.5 Å². The quantitative estimate of drug-likeness (QED) is 0.656. The monoisotopic (exact) mass is 425 g/mol. The fourth-order valence-corrected chi connectivity index (χ4v) is 3.47. The van der Waals surface area contributed by atoms with Crippen molar-refractivity contribution in [1.29, 1.82) is 0 Å². The van der Waals surface area contributed by atoms with E-state index in [-0.39, 0.29) is 18.5 Å². The van der Waals surface area contributed by atoms with Gasteiger partial charge in [-0.05, 0) is 48.2 Å². The number of amides is 2. The molecular formula is C21H20ClN5O3. The second kappa shape index (κ2) is 8.64. The van der Waals surface area contributed by atoms with E-state index in [0.29, 0.717) is 41.8 Å². The lowest BCUT2D eigenvalue weighted by atomic mass is 9.98. The highest BCUT2D eigenvalue weighted by atomic mass is 35.5. The van der Waals surface area contributed by atoms with E-state index in [1.165, 1.54) is 0 Å². The van der Waals surface area contributed by atoms with E-state index in [0.717, 1.165) is 16.7 Å². The van der Waals surface area contributed by atoms with E-state index in [1.807, 2.05) is 31.2 Å². The maximum absolute atomic E-state index is 12.5. The summed E-state index contributed by atoms with van der Waals surface area (Å²) in [7, 11) is 0. The molecule has 0 aliphatic carbocycles. The molecule has 4 rings (SSSR count). The van der Waals surface area contributed by atoms with E-state index in [1.54, 1.807) is 23.2 Å². The number of rotatable bonds is 4. The zero-order valence-corrected chi connectivity index (χ0v) is 17.1. The average Bonchev–Trinajstić information content (AvgIpc) is 3.25. The number of nitrogens with one attached hydrogen (secondary N) is 1. The Hall–Kier alpha value is -3.23. The van der Waals surface area contributed by atoms with Crippen molar-refractivity contribution in [2.24, 2.45) is 0 Å². The standard InChI is InChI=1S/C21H20ClN5O3/c1-13-2-5-18(23-11-13)24-21(29)27-8-6-14(7-9-27)16-4-3-15(10-17(16)22)20-26-25-19(12-28)30-20/h2-6,10-11,28H,7-9,12H2,1H3,(H,23,24,29). The Labute approximate surface area is 178 Å². The van der Waals surface area contributed by atoms with Crippen molar-refractivity contribution in [3.05, 3.63) is 64.6 Å². The Kier molecular flexibility index (Phi) is 5.78. The van der Waals surface area contributed by atoms with Gasteiger partial charge < -0.3 is 14.4 Å². The number of halogens is 1. The van der Waals surface area contributed by atoms with Gasteiger partial charge in [-0.3, -0.25) is 5.32 Å². The first-order chi connectivity index (χ1) is 14.5. The number of hydrogen-bond acceptors (Lipinski definition) is 6. The van der Waals surface area contributed by atoms with Crippen LogP contribution in [0.3, 0.4) is 0 Å². The molecule has 30 heavy (non-hydrogen) atoms. The lowest BCUT2D eigenvalue weighted by Crippen LogP contribution is -2.38. The molecule has 0 unspecified atom stereocenters. The van der Waals surface area contributed by atoms with Crippen molar-refractivity contribution in [3.63, 3.8) is 0 Å². The van der Waals surface area contributed by atoms with Crippen molar-refractivity contribution in [3.8, 4) is 11.5 Å². The van der Waals surface area contributed by atoms with Crippen LogP contribution in [-0.2, 0) is 6.61 Å². The number of benzene rings is 1. The largest absolute Gasteiger partial charge is 0.418 e. The minimum atomic E-state index is -0.310. The van der Waals surface area contributed by atoms with Crippen molar-refractivity contribution >= 4 is 29.0 Å². The first-order valence-corrected chi connectivity index (χ1v) is 9.82. The highest BCUT2D eigenvalue weighted by Gasteiger charge is 2.20. The smallest absolute Gasteiger partial charge is 0.323 e. The van der Waals surface area contributed by atoms with Crippen LogP contribution >= 0.6 is 11.6 Å². The Balaban J connectivity index is 1.43. The Morgan fingerprint density at radius 2 is 2.17 bits per heavy atom. The van der Waals surface area contributed by atoms with Crippen LogP contribution in [0.25, 0.3) is 17.0 Å². The van der Waals surface area contributed by atoms with Crippen molar-refractivity contribution in [2.45, 2.75) is 20.0 Å². The SMILES string of the molecule is Cc1ccc(NC(=O)N2CC=C(c3ccc(-c4nnc(CO)o4)cc3Cl)CC2)nc1. The minimum absolute atomic E-state index is 0.152. The number of aliphatic hydroxyl groups excluding tert-OH is 1. The summed E-state index contributed by atoms with van der Waals surface area (Å²) in [6.07, 6.45) is 4.40. The normalized spacial score (nSPS) is 13.8. The second-order valence-electron chi connectivity index (χ2n) is 6.93. The van der Waals surface area contributed by atoms with Gasteiger partial charge in [0.2, 0.25) is 11.8 Å². The first-order valence-electron chi connectivity index (χ1n) is 9.44. The third kappa shape index (κ3) is 4.34. The van der Waals surface area contributed by atoms with Crippen LogP contribution in [0.5, 0.6) is 0 Å². The molecule has 0 atom stereocenters. The number of aryl methyl sites for hydroxylation is 1. The van der Waals surface area contributed by atoms with Crippen molar-refractivity contribution in [1.82, 2.24) is 20.1 Å².